The summed E-state index contributed by atoms with van der Waals surface area (Å²) in [7, 11) is 0. The quantitative estimate of drug-likeness (QED) is 0.851. The summed E-state index contributed by atoms with van der Waals surface area (Å²) in [6.07, 6.45) is 10.8. The minimum atomic E-state index is 0.203. The highest BCUT2D eigenvalue weighted by Gasteiger charge is 2.42. The number of nitrogens with zero attached hydrogens (tertiary/aromatic N) is 1. The molecule has 0 atom stereocenters. The van der Waals surface area contributed by atoms with Crippen LogP contribution in [0.2, 0.25) is 0 Å². The molecule has 0 unspecified atom stereocenters. The molecule has 0 bridgehead atoms. The van der Waals surface area contributed by atoms with Gasteiger partial charge in [-0.1, -0.05) is 19.8 Å². The van der Waals surface area contributed by atoms with Gasteiger partial charge in [0.05, 0.1) is 11.2 Å². The van der Waals surface area contributed by atoms with Gasteiger partial charge in [0.25, 0.3) is 0 Å². The van der Waals surface area contributed by atoms with Crippen molar-refractivity contribution in [1.82, 2.24) is 10.3 Å². The molecule has 0 spiro atoms. The normalized spacial score (nSPS) is 30.6. The molecule has 2 nitrogen and oxygen atoms in total. The molecule has 2 aliphatic carbocycles. The molecule has 3 heteroatoms. The number of aromatic nitrogens is 1. The molecule has 2 saturated carbocycles. The molecule has 1 N–H and O–H groups in total. The van der Waals surface area contributed by atoms with Gasteiger partial charge >= 0.3 is 0 Å². The lowest BCUT2D eigenvalue weighted by atomic mass is 9.75. The van der Waals surface area contributed by atoms with Gasteiger partial charge in [-0.15, -0.1) is 11.3 Å². The van der Waals surface area contributed by atoms with Crippen LogP contribution in [0.5, 0.6) is 0 Å². The van der Waals surface area contributed by atoms with Gasteiger partial charge in [-0.3, -0.25) is 0 Å². The monoisotopic (exact) mass is 292 g/mol. The fourth-order valence-electron chi connectivity index (χ4n) is 3.58. The van der Waals surface area contributed by atoms with E-state index in [4.69, 9.17) is 4.98 Å². The van der Waals surface area contributed by atoms with Gasteiger partial charge in [-0.25, -0.2) is 4.98 Å². The zero-order valence-electron chi connectivity index (χ0n) is 13.2. The lowest BCUT2D eigenvalue weighted by Crippen LogP contribution is -2.46. The van der Waals surface area contributed by atoms with E-state index in [1.54, 1.807) is 0 Å². The maximum atomic E-state index is 4.91. The zero-order valence-corrected chi connectivity index (χ0v) is 14.0. The molecule has 2 aliphatic rings. The summed E-state index contributed by atoms with van der Waals surface area (Å²) in [5, 5.41) is 5.34. The summed E-state index contributed by atoms with van der Waals surface area (Å²) in [5.41, 5.74) is 1.44. The Kier molecular flexibility index (Phi) is 4.19. The molecular weight excluding hydrogens is 264 g/mol. The highest BCUT2D eigenvalue weighted by atomic mass is 32.1. The van der Waals surface area contributed by atoms with E-state index in [9.17, 15) is 0 Å². The van der Waals surface area contributed by atoms with Crippen molar-refractivity contribution in [3.05, 3.63) is 15.6 Å². The van der Waals surface area contributed by atoms with E-state index in [0.29, 0.717) is 0 Å². The molecule has 112 valence electrons. The van der Waals surface area contributed by atoms with Gasteiger partial charge in [-0.2, -0.15) is 0 Å². The van der Waals surface area contributed by atoms with Crippen LogP contribution < -0.4 is 5.32 Å². The molecule has 1 heterocycles. The number of hydrogen-bond donors (Lipinski definition) is 1. The van der Waals surface area contributed by atoms with Crippen LogP contribution in [-0.2, 0) is 5.54 Å². The third kappa shape index (κ3) is 2.94. The first kappa shape index (κ1) is 14.5. The second kappa shape index (κ2) is 5.76. The first-order valence-corrected chi connectivity index (χ1v) is 9.17. The van der Waals surface area contributed by atoms with Crippen LogP contribution >= 0.6 is 11.3 Å². The van der Waals surface area contributed by atoms with Gasteiger partial charge in [0.15, 0.2) is 0 Å². The van der Waals surface area contributed by atoms with Crippen molar-refractivity contribution in [2.75, 3.05) is 0 Å². The van der Waals surface area contributed by atoms with E-state index in [1.807, 2.05) is 11.3 Å². The van der Waals surface area contributed by atoms with Gasteiger partial charge in [0.1, 0.15) is 5.01 Å². The second-order valence-corrected chi connectivity index (χ2v) is 8.10. The van der Waals surface area contributed by atoms with Crippen molar-refractivity contribution in [2.24, 2.45) is 5.92 Å². The second-order valence-electron chi connectivity index (χ2n) is 6.89. The summed E-state index contributed by atoms with van der Waals surface area (Å²) in [6.45, 7) is 6.69. The van der Waals surface area contributed by atoms with Crippen LogP contribution in [0, 0.1) is 19.8 Å². The van der Waals surface area contributed by atoms with E-state index in [0.717, 1.165) is 12.0 Å². The fraction of sp³-hybridized carbons (Fsp3) is 0.824. The van der Waals surface area contributed by atoms with Gasteiger partial charge in [0, 0.05) is 10.9 Å². The maximum Gasteiger partial charge on any atom is 0.113 e. The number of nitrogens with one attached hydrogen (secondary N) is 1. The average Bonchev–Trinajstić information content (AvgIpc) is 3.18. The molecule has 20 heavy (non-hydrogen) atoms. The Morgan fingerprint density at radius 1 is 1.20 bits per heavy atom. The Labute approximate surface area is 127 Å². The topological polar surface area (TPSA) is 24.9 Å². The van der Waals surface area contributed by atoms with E-state index in [2.05, 4.69) is 26.1 Å². The van der Waals surface area contributed by atoms with Crippen LogP contribution in [0.1, 0.15) is 73.9 Å². The van der Waals surface area contributed by atoms with E-state index in [1.165, 1.54) is 66.9 Å². The van der Waals surface area contributed by atoms with Crippen molar-refractivity contribution in [3.8, 4) is 0 Å². The van der Waals surface area contributed by atoms with Crippen molar-refractivity contribution in [2.45, 2.75) is 83.7 Å². The largest absolute Gasteiger partial charge is 0.303 e. The van der Waals surface area contributed by atoms with Gasteiger partial charge < -0.3 is 5.32 Å². The fourth-order valence-corrected chi connectivity index (χ4v) is 4.71. The third-order valence-corrected chi connectivity index (χ3v) is 6.43. The number of rotatable bonds is 5. The molecule has 0 aromatic carbocycles. The number of hydrogen-bond acceptors (Lipinski definition) is 3. The minimum absolute atomic E-state index is 0.203. The van der Waals surface area contributed by atoms with Crippen LogP contribution in [-0.4, -0.2) is 11.0 Å². The molecule has 0 amide bonds. The SMILES string of the molecule is CCCC1CCC(NC2CC2)(c2nc(C)c(C)s2)CC1. The Morgan fingerprint density at radius 3 is 2.40 bits per heavy atom. The number of aryl methyl sites for hydroxylation is 2. The molecule has 3 rings (SSSR count). The first-order chi connectivity index (χ1) is 9.63. The van der Waals surface area contributed by atoms with E-state index < -0.39 is 0 Å². The van der Waals surface area contributed by atoms with E-state index >= 15 is 0 Å². The molecule has 0 aliphatic heterocycles. The Hall–Kier alpha value is -0.410. The standard InChI is InChI=1S/C17H28N2S/c1-4-5-14-8-10-17(11-9-14,19-15-6-7-15)16-18-12(2)13(3)20-16/h14-15,19H,4-11H2,1-3H3. The summed E-state index contributed by atoms with van der Waals surface area (Å²) < 4.78 is 0. The van der Waals surface area contributed by atoms with Gasteiger partial charge in [-0.05, 0) is 58.3 Å². The summed E-state index contributed by atoms with van der Waals surface area (Å²) in [6, 6.07) is 0.766. The van der Waals surface area contributed by atoms with E-state index in [-0.39, 0.29) is 5.54 Å². The Balaban J connectivity index is 1.78. The highest BCUT2D eigenvalue weighted by molar-refractivity contribution is 7.11. The van der Waals surface area contributed by atoms with Crippen LogP contribution in [0.3, 0.4) is 0 Å². The molecule has 1 aromatic heterocycles. The summed E-state index contributed by atoms with van der Waals surface area (Å²) in [4.78, 5) is 6.31. The molecule has 0 saturated heterocycles. The van der Waals surface area contributed by atoms with Crippen molar-refractivity contribution in [1.29, 1.82) is 0 Å². The third-order valence-electron chi connectivity index (χ3n) is 5.15. The molecular formula is C17H28N2S. The van der Waals surface area contributed by atoms with Crippen molar-refractivity contribution >= 4 is 11.3 Å². The highest BCUT2D eigenvalue weighted by Crippen LogP contribution is 2.44. The van der Waals surface area contributed by atoms with Gasteiger partial charge in [0.2, 0.25) is 0 Å². The molecule has 1 aromatic rings. The lowest BCUT2D eigenvalue weighted by molar-refractivity contribution is 0.179. The molecule has 0 radical (unpaired) electrons. The average molecular weight is 292 g/mol. The summed E-state index contributed by atoms with van der Waals surface area (Å²) in [5.74, 6) is 0.955. The summed E-state index contributed by atoms with van der Waals surface area (Å²) >= 11 is 1.93. The Morgan fingerprint density at radius 2 is 1.90 bits per heavy atom. The number of thiazole rings is 1. The first-order valence-electron chi connectivity index (χ1n) is 8.35. The molecule has 2 fully saturated rings. The van der Waals surface area contributed by atoms with Crippen LogP contribution in [0.4, 0.5) is 0 Å². The van der Waals surface area contributed by atoms with Crippen LogP contribution in [0.15, 0.2) is 0 Å². The maximum absolute atomic E-state index is 4.91. The lowest BCUT2D eigenvalue weighted by Gasteiger charge is -2.40. The Bertz CT molecular complexity index is 434. The van der Waals surface area contributed by atoms with Crippen LogP contribution in [0.25, 0.3) is 0 Å². The zero-order chi connectivity index (χ0) is 14.2. The predicted molar refractivity (Wildman–Crippen MR) is 86.3 cm³/mol. The van der Waals surface area contributed by atoms with Crippen molar-refractivity contribution in [3.63, 3.8) is 0 Å². The predicted octanol–water partition coefficient (Wildman–Crippen LogP) is 4.70. The van der Waals surface area contributed by atoms with Crippen molar-refractivity contribution < 1.29 is 0 Å². The minimum Gasteiger partial charge on any atom is -0.303 e. The smallest absolute Gasteiger partial charge is 0.113 e.